The monoisotopic (exact) mass is 494 g/mol. The summed E-state index contributed by atoms with van der Waals surface area (Å²) in [6, 6.07) is 27.8. The molecule has 190 valence electrons. The van der Waals surface area contributed by atoms with Gasteiger partial charge in [0.1, 0.15) is 0 Å². The van der Waals surface area contributed by atoms with Crippen molar-refractivity contribution in [3.05, 3.63) is 102 Å². The smallest absolute Gasteiger partial charge is 0.305 e. The quantitative estimate of drug-likeness (QED) is 0.248. The van der Waals surface area contributed by atoms with Crippen molar-refractivity contribution in [1.29, 1.82) is 0 Å². The van der Waals surface area contributed by atoms with Gasteiger partial charge in [0, 0.05) is 18.3 Å². The number of methoxy groups -OCH3 is 1. The Bertz CT molecular complexity index is 1250. The molecule has 3 aliphatic rings. The van der Waals surface area contributed by atoms with E-state index in [2.05, 4.69) is 78.9 Å². The zero-order valence-corrected chi connectivity index (χ0v) is 21.5. The van der Waals surface area contributed by atoms with Crippen LogP contribution in [0.4, 0.5) is 0 Å². The summed E-state index contributed by atoms with van der Waals surface area (Å²) in [5, 5.41) is 0. The zero-order valence-electron chi connectivity index (χ0n) is 21.5. The van der Waals surface area contributed by atoms with Crippen LogP contribution >= 0.6 is 0 Å². The fourth-order valence-electron chi connectivity index (χ4n) is 6.68. The van der Waals surface area contributed by atoms with Gasteiger partial charge in [0.25, 0.3) is 0 Å². The molecule has 1 heterocycles. The van der Waals surface area contributed by atoms with Gasteiger partial charge < -0.3 is 14.2 Å². The highest BCUT2D eigenvalue weighted by molar-refractivity contribution is 6.01. The van der Waals surface area contributed by atoms with Crippen LogP contribution in [0, 0.1) is 5.41 Å². The Morgan fingerprint density at radius 1 is 0.892 bits per heavy atom. The predicted molar refractivity (Wildman–Crippen MR) is 145 cm³/mol. The number of hydrogen-bond donors (Lipinski definition) is 0. The highest BCUT2D eigenvalue weighted by atomic mass is 16.7. The van der Waals surface area contributed by atoms with Crippen LogP contribution in [-0.2, 0) is 25.4 Å². The summed E-state index contributed by atoms with van der Waals surface area (Å²) in [7, 11) is 1.44. The number of carbonyl (C=O) groups excluding carboxylic acids is 1. The average molecular weight is 495 g/mol. The summed E-state index contributed by atoms with van der Waals surface area (Å²) < 4.78 is 18.6. The van der Waals surface area contributed by atoms with E-state index in [1.807, 2.05) is 6.07 Å². The summed E-state index contributed by atoms with van der Waals surface area (Å²) in [4.78, 5) is 12.0. The second-order valence-corrected chi connectivity index (χ2v) is 10.6. The van der Waals surface area contributed by atoms with Gasteiger partial charge in [-0.05, 0) is 65.5 Å². The SMILES string of the molecule is COC(=O)CCC(Cc1ccccc1)O[C@@]12CCC[C@]1(C=C1c3ccccc3-c3ccccc31)CCO2. The minimum atomic E-state index is -0.679. The number of fused-ring (bicyclic) bond motifs is 4. The van der Waals surface area contributed by atoms with Crippen LogP contribution in [0.3, 0.4) is 0 Å². The Kier molecular flexibility index (Phi) is 6.48. The first kappa shape index (κ1) is 24.1. The summed E-state index contributed by atoms with van der Waals surface area (Å²) in [6.45, 7) is 0.683. The Morgan fingerprint density at radius 3 is 2.22 bits per heavy atom. The highest BCUT2D eigenvalue weighted by Gasteiger charge is 2.60. The van der Waals surface area contributed by atoms with Crippen LogP contribution in [0.1, 0.15) is 55.2 Å². The molecule has 0 aromatic heterocycles. The largest absolute Gasteiger partial charge is 0.469 e. The van der Waals surface area contributed by atoms with Crippen molar-refractivity contribution in [2.75, 3.05) is 13.7 Å². The lowest BCUT2D eigenvalue weighted by Crippen LogP contribution is -2.45. The van der Waals surface area contributed by atoms with Crippen molar-refractivity contribution >= 4 is 11.5 Å². The molecular formula is C33H34O4. The molecule has 1 aliphatic heterocycles. The molecule has 0 radical (unpaired) electrons. The van der Waals surface area contributed by atoms with Crippen LogP contribution in [0.2, 0.25) is 0 Å². The van der Waals surface area contributed by atoms with Crippen molar-refractivity contribution in [3.8, 4) is 11.1 Å². The first-order valence-corrected chi connectivity index (χ1v) is 13.5. The van der Waals surface area contributed by atoms with Crippen LogP contribution in [-0.4, -0.2) is 31.6 Å². The van der Waals surface area contributed by atoms with Gasteiger partial charge >= 0.3 is 5.97 Å². The summed E-state index contributed by atoms with van der Waals surface area (Å²) >= 11 is 0. The van der Waals surface area contributed by atoms with Gasteiger partial charge in [0.05, 0.1) is 19.8 Å². The molecule has 0 N–H and O–H groups in total. The third-order valence-electron chi connectivity index (χ3n) is 8.48. The lowest BCUT2D eigenvalue weighted by molar-refractivity contribution is -0.261. The molecule has 3 aromatic carbocycles. The minimum absolute atomic E-state index is 0.140. The maximum Gasteiger partial charge on any atom is 0.305 e. The van der Waals surface area contributed by atoms with Crippen LogP contribution < -0.4 is 0 Å². The number of esters is 1. The number of benzene rings is 3. The van der Waals surface area contributed by atoms with Crippen molar-refractivity contribution in [1.82, 2.24) is 0 Å². The van der Waals surface area contributed by atoms with E-state index in [1.54, 1.807) is 0 Å². The molecule has 0 bridgehead atoms. The maximum atomic E-state index is 12.0. The van der Waals surface area contributed by atoms with Gasteiger partial charge in [-0.3, -0.25) is 4.79 Å². The van der Waals surface area contributed by atoms with Crippen molar-refractivity contribution in [2.24, 2.45) is 5.41 Å². The molecule has 3 aromatic rings. The van der Waals surface area contributed by atoms with E-state index < -0.39 is 5.79 Å². The Morgan fingerprint density at radius 2 is 1.54 bits per heavy atom. The molecule has 0 amide bonds. The van der Waals surface area contributed by atoms with Gasteiger partial charge in [-0.1, -0.05) is 84.9 Å². The maximum absolute atomic E-state index is 12.0. The predicted octanol–water partition coefficient (Wildman–Crippen LogP) is 6.97. The first-order valence-electron chi connectivity index (χ1n) is 13.5. The second kappa shape index (κ2) is 9.92. The molecular weight excluding hydrogens is 460 g/mol. The lowest BCUT2D eigenvalue weighted by Gasteiger charge is -2.40. The van der Waals surface area contributed by atoms with E-state index in [-0.39, 0.29) is 17.5 Å². The summed E-state index contributed by atoms with van der Waals surface area (Å²) in [6.07, 6.45) is 7.92. The van der Waals surface area contributed by atoms with Crippen LogP contribution in [0.5, 0.6) is 0 Å². The second-order valence-electron chi connectivity index (χ2n) is 10.6. The molecule has 2 aliphatic carbocycles. The zero-order chi connectivity index (χ0) is 25.3. The van der Waals surface area contributed by atoms with Crippen molar-refractivity contribution in [2.45, 2.75) is 56.8 Å². The molecule has 1 unspecified atom stereocenters. The lowest BCUT2D eigenvalue weighted by atomic mass is 9.77. The average Bonchev–Trinajstić information content (AvgIpc) is 3.55. The van der Waals surface area contributed by atoms with Crippen molar-refractivity contribution < 1.29 is 19.0 Å². The molecule has 1 saturated carbocycles. The third kappa shape index (κ3) is 4.32. The van der Waals surface area contributed by atoms with E-state index in [1.165, 1.54) is 40.5 Å². The highest BCUT2D eigenvalue weighted by Crippen LogP contribution is 2.59. The van der Waals surface area contributed by atoms with Crippen molar-refractivity contribution in [3.63, 3.8) is 0 Å². The number of ether oxygens (including phenoxy) is 3. The van der Waals surface area contributed by atoms with E-state index >= 15 is 0 Å². The standard InChI is InChI=1S/C33H34O4/c1-35-31(34)17-16-25(22-24-10-3-2-4-11-24)37-33-19-9-18-32(33,20-21-36-33)23-30-28-14-7-5-12-26(28)27-13-6-8-15-29(27)30/h2-8,10-15,23,25H,9,16-22H2,1H3/t25?,32-,33+/m1/s1. The molecule has 0 spiro atoms. The van der Waals surface area contributed by atoms with E-state index in [4.69, 9.17) is 14.2 Å². The van der Waals surface area contributed by atoms with E-state index in [0.717, 1.165) is 32.1 Å². The molecule has 3 atom stereocenters. The molecule has 4 nitrogen and oxygen atoms in total. The molecule has 2 fully saturated rings. The topological polar surface area (TPSA) is 44.8 Å². The fourth-order valence-corrected chi connectivity index (χ4v) is 6.68. The third-order valence-corrected chi connectivity index (χ3v) is 8.48. The number of rotatable bonds is 8. The summed E-state index contributed by atoms with van der Waals surface area (Å²) in [5.74, 6) is -0.882. The van der Waals surface area contributed by atoms with Gasteiger partial charge in [-0.15, -0.1) is 0 Å². The Balaban J connectivity index is 1.36. The normalized spacial score (nSPS) is 24.3. The number of carbonyl (C=O) groups is 1. The molecule has 1 saturated heterocycles. The number of hydrogen-bond acceptors (Lipinski definition) is 4. The van der Waals surface area contributed by atoms with Gasteiger partial charge in [-0.25, -0.2) is 0 Å². The van der Waals surface area contributed by atoms with Crippen LogP contribution in [0.15, 0.2) is 84.9 Å². The van der Waals surface area contributed by atoms with E-state index in [0.29, 0.717) is 19.4 Å². The fraction of sp³-hybridized carbons (Fsp3) is 0.364. The molecule has 37 heavy (non-hydrogen) atoms. The van der Waals surface area contributed by atoms with Gasteiger partial charge in [-0.2, -0.15) is 0 Å². The first-order chi connectivity index (χ1) is 18.1. The molecule has 6 rings (SSSR count). The van der Waals surface area contributed by atoms with Gasteiger partial charge in [0.15, 0.2) is 5.79 Å². The minimum Gasteiger partial charge on any atom is -0.469 e. The Hall–Kier alpha value is -3.21. The summed E-state index contributed by atoms with van der Waals surface area (Å²) in [5.41, 5.74) is 7.46. The molecule has 4 heteroatoms. The van der Waals surface area contributed by atoms with Crippen LogP contribution in [0.25, 0.3) is 16.7 Å². The van der Waals surface area contributed by atoms with E-state index in [9.17, 15) is 4.79 Å². The van der Waals surface area contributed by atoms with Gasteiger partial charge in [0.2, 0.25) is 0 Å². The Labute approximate surface area is 219 Å².